The van der Waals surface area contributed by atoms with Crippen molar-refractivity contribution in [3.05, 3.63) is 87.0 Å². The van der Waals surface area contributed by atoms with Crippen LogP contribution in [0.2, 0.25) is 0 Å². The molecule has 1 aromatic heterocycles. The van der Waals surface area contributed by atoms with E-state index < -0.39 is 4.92 Å². The van der Waals surface area contributed by atoms with Gasteiger partial charge in [0.2, 0.25) is 4.80 Å². The summed E-state index contributed by atoms with van der Waals surface area (Å²) in [6.07, 6.45) is 5.53. The van der Waals surface area contributed by atoms with Crippen molar-refractivity contribution in [2.24, 2.45) is 10.1 Å². The number of thioether (sulfide) groups is 1. The van der Waals surface area contributed by atoms with Crippen LogP contribution in [0.15, 0.2) is 81.6 Å². The van der Waals surface area contributed by atoms with Crippen LogP contribution in [0.1, 0.15) is 5.56 Å². The van der Waals surface area contributed by atoms with Gasteiger partial charge in [-0.25, -0.2) is 4.68 Å². The number of benzene rings is 2. The zero-order valence-electron chi connectivity index (χ0n) is 15.2. The average Bonchev–Trinajstić information content (AvgIpc) is 3.13. The van der Waals surface area contributed by atoms with Crippen molar-refractivity contribution in [2.75, 3.05) is 12.8 Å². The smallest absolute Gasteiger partial charge is 0.258 e. The fourth-order valence-corrected chi connectivity index (χ4v) is 3.68. The number of hydrogen-bond donors (Lipinski definition) is 0. The normalized spacial score (nSPS) is 11.8. The van der Waals surface area contributed by atoms with Crippen LogP contribution in [0.4, 0.5) is 5.69 Å². The molecule has 0 radical (unpaired) electrons. The minimum Gasteiger partial charge on any atom is -0.258 e. The third-order valence-corrected chi connectivity index (χ3v) is 5.45. The summed E-state index contributed by atoms with van der Waals surface area (Å²) in [6.45, 7) is 4.19. The number of aromatic nitrogens is 1. The van der Waals surface area contributed by atoms with Crippen LogP contribution in [-0.4, -0.2) is 28.6 Å². The largest absolute Gasteiger partial charge is 0.269 e. The van der Waals surface area contributed by atoms with Gasteiger partial charge in [-0.1, -0.05) is 18.2 Å². The second kappa shape index (κ2) is 9.29. The zero-order chi connectivity index (χ0) is 19.9. The van der Waals surface area contributed by atoms with Gasteiger partial charge in [-0.05, 0) is 36.1 Å². The molecule has 28 heavy (non-hydrogen) atoms. The summed E-state index contributed by atoms with van der Waals surface area (Å²) in [5.74, 6) is 0. The average molecular weight is 411 g/mol. The molecule has 3 rings (SSSR count). The fourth-order valence-electron chi connectivity index (χ4n) is 2.43. The van der Waals surface area contributed by atoms with Crippen LogP contribution in [0.3, 0.4) is 0 Å². The number of thiazole rings is 1. The number of rotatable bonds is 7. The van der Waals surface area contributed by atoms with E-state index in [4.69, 9.17) is 0 Å². The van der Waals surface area contributed by atoms with Gasteiger partial charge in [0, 0.05) is 28.0 Å². The molecule has 0 aliphatic carbocycles. The fraction of sp³-hybridized carbons (Fsp3) is 0.100. The van der Waals surface area contributed by atoms with Crippen molar-refractivity contribution < 1.29 is 4.92 Å². The van der Waals surface area contributed by atoms with Crippen molar-refractivity contribution in [3.8, 4) is 11.3 Å². The van der Waals surface area contributed by atoms with Crippen molar-refractivity contribution in [1.29, 1.82) is 0 Å². The third kappa shape index (κ3) is 4.65. The van der Waals surface area contributed by atoms with Gasteiger partial charge in [0.05, 0.1) is 23.4 Å². The van der Waals surface area contributed by atoms with Crippen molar-refractivity contribution >= 4 is 35.0 Å². The van der Waals surface area contributed by atoms with E-state index in [9.17, 15) is 10.1 Å². The van der Waals surface area contributed by atoms with Crippen LogP contribution < -0.4 is 4.80 Å². The summed E-state index contributed by atoms with van der Waals surface area (Å²) in [7, 11) is 0. The first-order chi connectivity index (χ1) is 13.6. The lowest BCUT2D eigenvalue weighted by Gasteiger charge is -2.04. The first-order valence-corrected chi connectivity index (χ1v) is 10.5. The van der Waals surface area contributed by atoms with Gasteiger partial charge in [-0.15, -0.1) is 29.7 Å². The summed E-state index contributed by atoms with van der Waals surface area (Å²) in [4.78, 5) is 16.9. The SMILES string of the molecule is C=CCN=c1scc(-c2ccc([N+](=O)[O-])cc2)n1N=Cc1ccc(SC)cc1. The molecule has 0 unspecified atom stereocenters. The van der Waals surface area contributed by atoms with Gasteiger partial charge in [0.1, 0.15) is 0 Å². The number of nitro groups is 1. The number of non-ortho nitro benzene ring substituents is 1. The molecular formula is C20H18N4O2S2. The highest BCUT2D eigenvalue weighted by Crippen LogP contribution is 2.23. The minimum atomic E-state index is -0.410. The Morgan fingerprint density at radius 2 is 1.93 bits per heavy atom. The van der Waals surface area contributed by atoms with E-state index in [1.165, 1.54) is 28.4 Å². The molecule has 3 aromatic rings. The Bertz CT molecular complexity index is 1060. The molecule has 0 bridgehead atoms. The van der Waals surface area contributed by atoms with E-state index in [0.717, 1.165) is 21.6 Å². The predicted molar refractivity (Wildman–Crippen MR) is 116 cm³/mol. The molecule has 0 fully saturated rings. The Balaban J connectivity index is 2.01. The third-order valence-electron chi connectivity index (χ3n) is 3.85. The maximum absolute atomic E-state index is 10.9. The van der Waals surface area contributed by atoms with E-state index >= 15 is 0 Å². The van der Waals surface area contributed by atoms with Crippen molar-refractivity contribution in [2.45, 2.75) is 4.90 Å². The van der Waals surface area contributed by atoms with Crippen LogP contribution in [0.25, 0.3) is 11.3 Å². The lowest BCUT2D eigenvalue weighted by Crippen LogP contribution is -2.12. The Morgan fingerprint density at radius 3 is 2.54 bits per heavy atom. The molecule has 0 N–H and O–H groups in total. The van der Waals surface area contributed by atoms with Crippen LogP contribution in [-0.2, 0) is 0 Å². The van der Waals surface area contributed by atoms with Crippen LogP contribution in [0.5, 0.6) is 0 Å². The lowest BCUT2D eigenvalue weighted by molar-refractivity contribution is -0.384. The standard InChI is InChI=1S/C20H18N4O2S2/c1-3-12-21-20-23(22-13-15-4-10-18(27-2)11-5-15)19(14-28-20)16-6-8-17(9-7-16)24(25)26/h3-11,13-14H,1,12H2,2H3. The second-order valence-electron chi connectivity index (χ2n) is 5.67. The lowest BCUT2D eigenvalue weighted by atomic mass is 10.1. The molecule has 0 saturated heterocycles. The summed E-state index contributed by atoms with van der Waals surface area (Å²) in [5.41, 5.74) is 2.68. The van der Waals surface area contributed by atoms with E-state index in [-0.39, 0.29) is 5.69 Å². The Labute approximate surface area is 170 Å². The van der Waals surface area contributed by atoms with Crippen molar-refractivity contribution in [1.82, 2.24) is 4.68 Å². The highest BCUT2D eigenvalue weighted by molar-refractivity contribution is 7.98. The first-order valence-electron chi connectivity index (χ1n) is 8.37. The molecule has 0 amide bonds. The minimum absolute atomic E-state index is 0.0551. The Hall–Kier alpha value is -2.97. The highest BCUT2D eigenvalue weighted by atomic mass is 32.2. The summed E-state index contributed by atoms with van der Waals surface area (Å²) >= 11 is 3.15. The van der Waals surface area contributed by atoms with E-state index in [0.29, 0.717) is 6.54 Å². The summed E-state index contributed by atoms with van der Waals surface area (Å²) in [6, 6.07) is 14.5. The highest BCUT2D eigenvalue weighted by Gasteiger charge is 2.10. The predicted octanol–water partition coefficient (Wildman–Crippen LogP) is 4.82. The van der Waals surface area contributed by atoms with Crippen LogP contribution in [0, 0.1) is 10.1 Å². The molecule has 6 nitrogen and oxygen atoms in total. The zero-order valence-corrected chi connectivity index (χ0v) is 16.8. The Kier molecular flexibility index (Phi) is 6.57. The van der Waals surface area contributed by atoms with Crippen LogP contribution >= 0.6 is 23.1 Å². The van der Waals surface area contributed by atoms with Crippen molar-refractivity contribution in [3.63, 3.8) is 0 Å². The molecule has 0 spiro atoms. The maximum Gasteiger partial charge on any atom is 0.269 e. The molecule has 0 aliphatic rings. The second-order valence-corrected chi connectivity index (χ2v) is 7.38. The number of nitrogens with zero attached hydrogens (tertiary/aromatic N) is 4. The van der Waals surface area contributed by atoms with Gasteiger partial charge in [0.25, 0.3) is 5.69 Å². The molecule has 0 aliphatic heterocycles. The molecule has 142 valence electrons. The maximum atomic E-state index is 10.9. The monoisotopic (exact) mass is 410 g/mol. The van der Waals surface area contributed by atoms with Gasteiger partial charge >= 0.3 is 0 Å². The molecule has 0 saturated carbocycles. The van der Waals surface area contributed by atoms with Gasteiger partial charge < -0.3 is 0 Å². The summed E-state index contributed by atoms with van der Waals surface area (Å²) in [5, 5.41) is 17.4. The van der Waals surface area contributed by atoms with E-state index in [1.54, 1.807) is 40.9 Å². The topological polar surface area (TPSA) is 72.8 Å². The van der Waals surface area contributed by atoms with Gasteiger partial charge in [-0.2, -0.15) is 5.10 Å². The summed E-state index contributed by atoms with van der Waals surface area (Å²) < 4.78 is 1.75. The first kappa shape index (κ1) is 19.8. The molecule has 0 atom stereocenters. The number of hydrogen-bond acceptors (Lipinski definition) is 6. The molecule has 1 heterocycles. The number of nitro benzene ring substituents is 1. The van der Waals surface area contributed by atoms with Gasteiger partial charge in [0.15, 0.2) is 0 Å². The molecular weight excluding hydrogens is 392 g/mol. The quantitative estimate of drug-likeness (QED) is 0.184. The van der Waals surface area contributed by atoms with Gasteiger partial charge in [-0.3, -0.25) is 15.1 Å². The Morgan fingerprint density at radius 1 is 1.21 bits per heavy atom. The molecule has 2 aromatic carbocycles. The molecule has 8 heteroatoms. The van der Waals surface area contributed by atoms with E-state index in [1.807, 2.05) is 35.9 Å². The van der Waals surface area contributed by atoms with E-state index in [2.05, 4.69) is 16.7 Å².